The molecule has 47 heavy (non-hydrogen) atoms. The van der Waals surface area contributed by atoms with E-state index in [1.165, 1.54) is 12.6 Å². The van der Waals surface area contributed by atoms with Crippen molar-refractivity contribution in [2.24, 2.45) is 0 Å². The zero-order valence-corrected chi connectivity index (χ0v) is 29.0. The normalized spacial score (nSPS) is 15.0. The van der Waals surface area contributed by atoms with Gasteiger partial charge in [0, 0.05) is 49.8 Å². The fourth-order valence-electron chi connectivity index (χ4n) is 5.01. The van der Waals surface area contributed by atoms with Crippen molar-refractivity contribution in [1.29, 1.82) is 0 Å². The molecule has 1 aromatic carbocycles. The number of nitrogens with one attached hydrogen (secondary N) is 2. The van der Waals surface area contributed by atoms with Crippen molar-refractivity contribution >= 4 is 29.2 Å². The van der Waals surface area contributed by atoms with Crippen LogP contribution in [0.4, 0.5) is 10.6 Å². The molecule has 2 N–H and O–H groups in total. The van der Waals surface area contributed by atoms with E-state index >= 15 is 0 Å². The summed E-state index contributed by atoms with van der Waals surface area (Å²) >= 11 is 1.61. The Morgan fingerprint density at radius 1 is 1.15 bits per heavy atom. The number of alkyl carbamates (subject to hydrolysis) is 1. The van der Waals surface area contributed by atoms with Crippen LogP contribution in [-0.2, 0) is 15.9 Å². The Kier molecular flexibility index (Phi) is 12.4. The molecule has 2 amide bonds. The molecule has 0 bridgehead atoms. The molecule has 0 aliphatic carbocycles. The maximum absolute atomic E-state index is 13.8. The first-order chi connectivity index (χ1) is 22.5. The molecule has 1 aliphatic heterocycles. The number of hydrogen-bond acceptors (Lipinski definition) is 11. The Morgan fingerprint density at radius 2 is 1.91 bits per heavy atom. The number of benzene rings is 1. The van der Waals surface area contributed by atoms with Crippen LogP contribution < -0.4 is 10.6 Å². The predicted molar refractivity (Wildman–Crippen MR) is 182 cm³/mol. The minimum atomic E-state index is -0.389. The molecule has 4 aromatic rings. The van der Waals surface area contributed by atoms with E-state index in [-0.39, 0.29) is 35.5 Å². The second-order valence-corrected chi connectivity index (χ2v) is 13.2. The van der Waals surface area contributed by atoms with Crippen molar-refractivity contribution in [2.45, 2.75) is 71.4 Å². The van der Waals surface area contributed by atoms with Gasteiger partial charge in [-0.05, 0) is 64.7 Å². The summed E-state index contributed by atoms with van der Waals surface area (Å²) in [7, 11) is 3.18. The number of likely N-dealkylation sites (tertiary alicyclic amines) is 1. The maximum Gasteiger partial charge on any atom is 0.407 e. The third kappa shape index (κ3) is 10.3. The van der Waals surface area contributed by atoms with Crippen molar-refractivity contribution in [3.8, 4) is 11.6 Å². The van der Waals surface area contributed by atoms with Crippen molar-refractivity contribution in [2.75, 3.05) is 39.2 Å². The van der Waals surface area contributed by atoms with Crippen LogP contribution in [-0.4, -0.2) is 76.5 Å². The molecule has 1 saturated heterocycles. The summed E-state index contributed by atoms with van der Waals surface area (Å²) in [5.74, 6) is 1.36. The van der Waals surface area contributed by atoms with Gasteiger partial charge < -0.3 is 29.4 Å². The molecule has 2 unspecified atom stereocenters. The number of amides is 2. The van der Waals surface area contributed by atoms with Crippen LogP contribution in [0.2, 0.25) is 0 Å². The summed E-state index contributed by atoms with van der Waals surface area (Å²) in [5, 5.41) is 17.2. The van der Waals surface area contributed by atoms with Gasteiger partial charge in [0.25, 0.3) is 11.8 Å². The minimum Gasteiger partial charge on any atom is -0.444 e. The Hall–Kier alpha value is -4.36. The summed E-state index contributed by atoms with van der Waals surface area (Å²) in [4.78, 5) is 35.5. The highest BCUT2D eigenvalue weighted by Gasteiger charge is 2.33. The van der Waals surface area contributed by atoms with Gasteiger partial charge in [0.1, 0.15) is 22.1 Å². The summed E-state index contributed by atoms with van der Waals surface area (Å²) in [6.45, 7) is 11.3. The molecular weight excluding hydrogens is 618 g/mol. The average molecular weight is 664 g/mol. The highest BCUT2D eigenvalue weighted by Crippen LogP contribution is 2.35. The number of pyridine rings is 1. The molecule has 2 atom stereocenters. The van der Waals surface area contributed by atoms with Crippen molar-refractivity contribution in [3.05, 3.63) is 75.6 Å². The topological polar surface area (TPSA) is 145 Å². The lowest BCUT2D eigenvalue weighted by atomic mass is 10.0. The van der Waals surface area contributed by atoms with Gasteiger partial charge in [0.2, 0.25) is 5.89 Å². The zero-order valence-electron chi connectivity index (χ0n) is 28.2. The molecule has 0 radical (unpaired) electrons. The van der Waals surface area contributed by atoms with E-state index in [1.54, 1.807) is 30.6 Å². The number of ether oxygens (including phenoxy) is 2. The lowest BCUT2D eigenvalue weighted by molar-refractivity contribution is 0.0541. The summed E-state index contributed by atoms with van der Waals surface area (Å²) in [6, 6.07) is 13.7. The molecule has 252 valence electrons. The predicted octanol–water partition coefficient (Wildman–Crippen LogP) is 6.42. The lowest BCUT2D eigenvalue weighted by Crippen LogP contribution is -2.30. The van der Waals surface area contributed by atoms with Crippen LogP contribution in [0.1, 0.15) is 85.0 Å². The number of carbonyl (C=O) groups is 2. The van der Waals surface area contributed by atoms with Crippen molar-refractivity contribution in [3.63, 3.8) is 0 Å². The van der Waals surface area contributed by atoms with Crippen LogP contribution in [0, 0.1) is 6.92 Å². The van der Waals surface area contributed by atoms with Gasteiger partial charge in [-0.2, -0.15) is 0 Å². The van der Waals surface area contributed by atoms with Gasteiger partial charge in [-0.3, -0.25) is 4.79 Å². The molecule has 1 aliphatic rings. The zero-order chi connectivity index (χ0) is 34.0. The van der Waals surface area contributed by atoms with Crippen LogP contribution in [0.3, 0.4) is 0 Å². The minimum absolute atomic E-state index is 0.0171. The highest BCUT2D eigenvalue weighted by molar-refractivity contribution is 7.09. The summed E-state index contributed by atoms with van der Waals surface area (Å²) < 4.78 is 16.1. The third-order valence-corrected chi connectivity index (χ3v) is 8.25. The van der Waals surface area contributed by atoms with E-state index in [1.807, 2.05) is 56.2 Å². The molecule has 0 spiro atoms. The van der Waals surface area contributed by atoms with E-state index in [0.29, 0.717) is 42.7 Å². The smallest absolute Gasteiger partial charge is 0.407 e. The maximum atomic E-state index is 13.8. The molecule has 3 aromatic heterocycles. The molecule has 1 fully saturated rings. The van der Waals surface area contributed by atoms with Gasteiger partial charge in [-0.1, -0.05) is 37.3 Å². The number of rotatable bonds is 10. The van der Waals surface area contributed by atoms with E-state index < -0.39 is 0 Å². The first-order valence-corrected chi connectivity index (χ1v) is 16.6. The van der Waals surface area contributed by atoms with Gasteiger partial charge in [0.05, 0.1) is 12.6 Å². The second kappa shape index (κ2) is 16.5. The molecular formula is C34H45N7O5S. The van der Waals surface area contributed by atoms with Crippen molar-refractivity contribution in [1.82, 2.24) is 30.4 Å². The summed E-state index contributed by atoms with van der Waals surface area (Å²) in [5.41, 5.74) is 2.77. The van der Waals surface area contributed by atoms with E-state index in [9.17, 15) is 9.59 Å². The number of carbonyl (C=O) groups excluding carboxylic acids is 2. The second-order valence-electron chi connectivity index (χ2n) is 12.3. The highest BCUT2D eigenvalue weighted by atomic mass is 32.1. The summed E-state index contributed by atoms with van der Waals surface area (Å²) in [6.07, 6.45) is 2.24. The quantitative estimate of drug-likeness (QED) is 0.182. The average Bonchev–Trinajstić information content (AvgIpc) is 3.82. The first-order valence-electron chi connectivity index (χ1n) is 15.7. The molecule has 13 heteroatoms. The third-order valence-electron chi connectivity index (χ3n) is 7.19. The molecule has 4 heterocycles. The van der Waals surface area contributed by atoms with Gasteiger partial charge >= 0.3 is 6.09 Å². The van der Waals surface area contributed by atoms with Gasteiger partial charge in [0.15, 0.2) is 0 Å². The van der Waals surface area contributed by atoms with E-state index in [2.05, 4.69) is 49.9 Å². The number of anilines is 1. The fraction of sp³-hybridized carbons (Fsp3) is 0.471. The van der Waals surface area contributed by atoms with Gasteiger partial charge in [-0.15, -0.1) is 21.5 Å². The number of aromatic nitrogens is 4. The van der Waals surface area contributed by atoms with Crippen LogP contribution in [0.5, 0.6) is 0 Å². The van der Waals surface area contributed by atoms with E-state index in [0.717, 1.165) is 30.0 Å². The van der Waals surface area contributed by atoms with Crippen LogP contribution >= 0.6 is 11.3 Å². The van der Waals surface area contributed by atoms with Crippen LogP contribution in [0.15, 0.2) is 52.3 Å². The first kappa shape index (κ1) is 35.5. The molecule has 0 saturated carbocycles. The van der Waals surface area contributed by atoms with Gasteiger partial charge in [-0.25, -0.2) is 14.8 Å². The number of aryl methyl sites for hydroxylation is 1. The molecule has 5 rings (SSSR count). The largest absolute Gasteiger partial charge is 0.444 e. The molecule has 12 nitrogen and oxygen atoms in total. The van der Waals surface area contributed by atoms with E-state index in [4.69, 9.17) is 13.9 Å². The number of thiazole rings is 1. The Labute approximate surface area is 280 Å². The fourth-order valence-corrected chi connectivity index (χ4v) is 5.96. The SMILES string of the molecule is CNC(=O)OC(C)(C)C.COCCNc1cc(C(=O)N2CCCC2c2nc(C)cs2)cc(-c2nnc(C(C)Cc3ccccc3)o2)n1. The number of hydrogen-bond donors (Lipinski definition) is 2. The monoisotopic (exact) mass is 663 g/mol. The van der Waals surface area contributed by atoms with Crippen molar-refractivity contribution < 1.29 is 23.5 Å². The number of methoxy groups -OCH3 is 1. The van der Waals surface area contributed by atoms with Crippen LogP contribution in [0.25, 0.3) is 11.6 Å². The Bertz CT molecular complexity index is 1600. The lowest BCUT2D eigenvalue weighted by Gasteiger charge is -2.23. The standard InChI is InChI=1S/C28H32N6O3S.C6H13NO2/c1-18(14-20-8-5-4-6-9-20)25-32-33-26(37-25)22-15-21(16-24(31-22)29-11-13-36-3)28(35)34-12-7-10-23(34)27-30-19(2)17-38-27;1-6(2,3)9-5(8)7-4/h4-6,8-9,15-18,23H,7,10-14H2,1-3H3,(H,29,31);1-4H3,(H,7,8). The Morgan fingerprint density at radius 3 is 2.55 bits per heavy atom. The Balaban J connectivity index is 0.000000488. The number of nitrogens with zero attached hydrogens (tertiary/aromatic N) is 5.